The minimum atomic E-state index is -0.367. The summed E-state index contributed by atoms with van der Waals surface area (Å²) in [5.41, 5.74) is 6.29. The van der Waals surface area contributed by atoms with E-state index in [1.54, 1.807) is 11.3 Å². The Morgan fingerprint density at radius 3 is 2.78 bits per heavy atom. The van der Waals surface area contributed by atoms with E-state index in [1.807, 2.05) is 26.2 Å². The molecule has 0 radical (unpaired) electrons. The molecular weight excluding hydrogens is 246 g/mol. The Bertz CT molecular complexity index is 403. The molecule has 1 aromatic heterocycles. The summed E-state index contributed by atoms with van der Waals surface area (Å²) in [7, 11) is 0. The van der Waals surface area contributed by atoms with E-state index in [0.29, 0.717) is 12.8 Å². The van der Waals surface area contributed by atoms with Gasteiger partial charge in [0.2, 0.25) is 5.91 Å². The summed E-state index contributed by atoms with van der Waals surface area (Å²) < 4.78 is 0. The molecule has 1 amide bonds. The van der Waals surface area contributed by atoms with Crippen LogP contribution in [-0.2, 0) is 10.3 Å². The van der Waals surface area contributed by atoms with Gasteiger partial charge in [-0.2, -0.15) is 0 Å². The van der Waals surface area contributed by atoms with Crippen molar-refractivity contribution in [3.05, 3.63) is 16.1 Å². The molecule has 0 bridgehead atoms. The van der Waals surface area contributed by atoms with Gasteiger partial charge in [-0.15, -0.1) is 11.3 Å². The van der Waals surface area contributed by atoms with Crippen molar-refractivity contribution in [2.24, 2.45) is 5.73 Å². The zero-order valence-corrected chi connectivity index (χ0v) is 12.4. The van der Waals surface area contributed by atoms with Crippen LogP contribution in [-0.4, -0.2) is 16.9 Å². The molecule has 102 valence electrons. The van der Waals surface area contributed by atoms with Crippen molar-refractivity contribution < 1.29 is 4.79 Å². The van der Waals surface area contributed by atoms with Gasteiger partial charge in [0.25, 0.3) is 0 Å². The van der Waals surface area contributed by atoms with Crippen molar-refractivity contribution in [3.8, 4) is 0 Å². The number of nitrogens with zero attached hydrogens (tertiary/aromatic N) is 1. The van der Waals surface area contributed by atoms with Crippen LogP contribution in [0, 0.1) is 6.92 Å². The molecule has 0 saturated carbocycles. The van der Waals surface area contributed by atoms with Gasteiger partial charge in [-0.1, -0.05) is 6.92 Å². The Kier molecular flexibility index (Phi) is 5.28. The number of thiazole rings is 1. The average molecular weight is 269 g/mol. The fourth-order valence-corrected chi connectivity index (χ4v) is 2.62. The van der Waals surface area contributed by atoms with Crippen LogP contribution in [0.25, 0.3) is 0 Å². The predicted molar refractivity (Wildman–Crippen MR) is 75.5 cm³/mol. The first-order chi connectivity index (χ1) is 8.37. The maximum atomic E-state index is 11.9. The molecule has 2 atom stereocenters. The zero-order chi connectivity index (χ0) is 13.8. The third-order valence-corrected chi connectivity index (χ3v) is 4.26. The number of aromatic nitrogens is 1. The predicted octanol–water partition coefficient (Wildman–Crippen LogP) is 2.32. The lowest BCUT2D eigenvalue weighted by molar-refractivity contribution is -0.123. The monoisotopic (exact) mass is 269 g/mol. The lowest BCUT2D eigenvalue weighted by Crippen LogP contribution is -2.43. The number of amides is 1. The van der Waals surface area contributed by atoms with Crippen LogP contribution in [0.3, 0.4) is 0 Å². The van der Waals surface area contributed by atoms with Crippen molar-refractivity contribution in [2.45, 2.75) is 58.5 Å². The summed E-state index contributed by atoms with van der Waals surface area (Å²) in [5.74, 6) is 0.0458. The molecule has 0 spiro atoms. The SMILES string of the molecule is CCC(C)(NC(=O)CCC(C)N)c1nc(C)cs1. The first-order valence-electron chi connectivity index (χ1n) is 6.36. The number of carbonyl (C=O) groups excluding carboxylic acids is 1. The van der Waals surface area contributed by atoms with Crippen LogP contribution in [0.15, 0.2) is 5.38 Å². The van der Waals surface area contributed by atoms with Crippen LogP contribution < -0.4 is 11.1 Å². The van der Waals surface area contributed by atoms with E-state index in [2.05, 4.69) is 17.2 Å². The number of hydrogen-bond donors (Lipinski definition) is 2. The van der Waals surface area contributed by atoms with Crippen molar-refractivity contribution in [2.75, 3.05) is 0 Å². The van der Waals surface area contributed by atoms with Gasteiger partial charge in [-0.3, -0.25) is 4.79 Å². The Morgan fingerprint density at radius 1 is 1.67 bits per heavy atom. The van der Waals surface area contributed by atoms with Gasteiger partial charge in [-0.25, -0.2) is 4.98 Å². The first kappa shape index (κ1) is 15.1. The number of rotatable bonds is 6. The second-order valence-electron chi connectivity index (χ2n) is 5.04. The van der Waals surface area contributed by atoms with Gasteiger partial charge in [0, 0.05) is 23.5 Å². The molecule has 4 nitrogen and oxygen atoms in total. The maximum absolute atomic E-state index is 11.9. The molecule has 0 aliphatic heterocycles. The summed E-state index contributed by atoms with van der Waals surface area (Å²) in [6.45, 7) is 7.96. The van der Waals surface area contributed by atoms with Crippen molar-refractivity contribution in [1.29, 1.82) is 0 Å². The van der Waals surface area contributed by atoms with E-state index in [9.17, 15) is 4.79 Å². The number of nitrogens with one attached hydrogen (secondary N) is 1. The van der Waals surface area contributed by atoms with Gasteiger partial charge < -0.3 is 11.1 Å². The van der Waals surface area contributed by atoms with Crippen LogP contribution in [0.1, 0.15) is 50.7 Å². The molecule has 1 rings (SSSR count). The number of hydrogen-bond acceptors (Lipinski definition) is 4. The zero-order valence-electron chi connectivity index (χ0n) is 11.6. The maximum Gasteiger partial charge on any atom is 0.220 e. The number of carbonyl (C=O) groups is 1. The standard InChI is InChI=1S/C13H23N3OS/c1-5-13(4,12-15-10(3)8-18-12)16-11(17)7-6-9(2)14/h8-9H,5-7,14H2,1-4H3,(H,16,17). The second kappa shape index (κ2) is 6.29. The Hall–Kier alpha value is -0.940. The van der Waals surface area contributed by atoms with Gasteiger partial charge in [0.15, 0.2) is 0 Å². The van der Waals surface area contributed by atoms with Gasteiger partial charge in [-0.05, 0) is 33.6 Å². The van der Waals surface area contributed by atoms with E-state index >= 15 is 0 Å². The van der Waals surface area contributed by atoms with E-state index in [1.165, 1.54) is 0 Å². The Labute approximate surface area is 113 Å². The van der Waals surface area contributed by atoms with E-state index < -0.39 is 0 Å². The largest absolute Gasteiger partial charge is 0.344 e. The molecule has 0 aliphatic carbocycles. The Balaban J connectivity index is 2.68. The minimum Gasteiger partial charge on any atom is -0.344 e. The van der Waals surface area contributed by atoms with Gasteiger partial charge in [0.05, 0.1) is 5.54 Å². The lowest BCUT2D eigenvalue weighted by atomic mass is 9.99. The smallest absolute Gasteiger partial charge is 0.220 e. The normalized spacial score (nSPS) is 16.1. The van der Waals surface area contributed by atoms with Crippen LogP contribution in [0.4, 0.5) is 0 Å². The fourth-order valence-electron chi connectivity index (χ4n) is 1.63. The van der Waals surface area contributed by atoms with Crippen LogP contribution >= 0.6 is 11.3 Å². The summed E-state index contributed by atoms with van der Waals surface area (Å²) in [6, 6.07) is 0.0609. The highest BCUT2D eigenvalue weighted by Crippen LogP contribution is 2.27. The van der Waals surface area contributed by atoms with E-state index in [4.69, 9.17) is 5.73 Å². The molecule has 1 heterocycles. The highest BCUT2D eigenvalue weighted by molar-refractivity contribution is 7.09. The highest BCUT2D eigenvalue weighted by atomic mass is 32.1. The fraction of sp³-hybridized carbons (Fsp3) is 0.692. The molecule has 0 aliphatic rings. The van der Waals surface area contributed by atoms with Crippen molar-refractivity contribution in [1.82, 2.24) is 10.3 Å². The summed E-state index contributed by atoms with van der Waals surface area (Å²) >= 11 is 1.60. The summed E-state index contributed by atoms with van der Waals surface area (Å²) in [6.07, 6.45) is 2.00. The molecule has 1 aromatic rings. The third-order valence-electron chi connectivity index (χ3n) is 3.04. The van der Waals surface area contributed by atoms with E-state index in [0.717, 1.165) is 17.1 Å². The average Bonchev–Trinajstić information content (AvgIpc) is 2.73. The van der Waals surface area contributed by atoms with Crippen molar-refractivity contribution >= 4 is 17.2 Å². The topological polar surface area (TPSA) is 68.0 Å². The minimum absolute atomic E-state index is 0.0458. The third kappa shape index (κ3) is 4.07. The van der Waals surface area contributed by atoms with Gasteiger partial charge in [0.1, 0.15) is 5.01 Å². The molecule has 0 aromatic carbocycles. The molecule has 3 N–H and O–H groups in total. The highest BCUT2D eigenvalue weighted by Gasteiger charge is 2.29. The van der Waals surface area contributed by atoms with Gasteiger partial charge >= 0.3 is 0 Å². The molecule has 18 heavy (non-hydrogen) atoms. The van der Waals surface area contributed by atoms with E-state index in [-0.39, 0.29) is 17.5 Å². The summed E-state index contributed by atoms with van der Waals surface area (Å²) in [5, 5.41) is 6.06. The first-order valence-corrected chi connectivity index (χ1v) is 7.24. The number of aryl methyl sites for hydroxylation is 1. The Morgan fingerprint density at radius 2 is 2.33 bits per heavy atom. The quantitative estimate of drug-likeness (QED) is 0.832. The van der Waals surface area contributed by atoms with Crippen LogP contribution in [0.5, 0.6) is 0 Å². The lowest BCUT2D eigenvalue weighted by Gasteiger charge is -2.27. The summed E-state index contributed by atoms with van der Waals surface area (Å²) in [4.78, 5) is 16.4. The molecular formula is C13H23N3OS. The molecule has 5 heteroatoms. The second-order valence-corrected chi connectivity index (χ2v) is 5.90. The molecule has 0 fully saturated rings. The number of nitrogens with two attached hydrogens (primary N) is 1. The van der Waals surface area contributed by atoms with Crippen LogP contribution in [0.2, 0.25) is 0 Å². The van der Waals surface area contributed by atoms with Crippen molar-refractivity contribution in [3.63, 3.8) is 0 Å². The molecule has 2 unspecified atom stereocenters. The molecule has 0 saturated heterocycles.